The van der Waals surface area contributed by atoms with Crippen LogP contribution >= 0.6 is 0 Å². The van der Waals surface area contributed by atoms with E-state index in [2.05, 4.69) is 66.0 Å². The van der Waals surface area contributed by atoms with Crippen molar-refractivity contribution in [3.05, 3.63) is 35.4 Å². The largest absolute Gasteiger partial charge is 0.459 e. The maximum absolute atomic E-state index is 12.8. The number of rotatable bonds is 5. The molecule has 0 saturated carbocycles. The van der Waals surface area contributed by atoms with Crippen LogP contribution in [0.5, 0.6) is 0 Å². The summed E-state index contributed by atoms with van der Waals surface area (Å²) in [6.07, 6.45) is 1.68. The third-order valence-electron chi connectivity index (χ3n) is 7.57. The van der Waals surface area contributed by atoms with Crippen LogP contribution in [0.15, 0.2) is 24.3 Å². The summed E-state index contributed by atoms with van der Waals surface area (Å²) < 4.78 is 23.2. The Balaban J connectivity index is 1.27. The van der Waals surface area contributed by atoms with Gasteiger partial charge in [0.1, 0.15) is 12.2 Å². The molecule has 3 saturated heterocycles. The molecule has 38 heavy (non-hydrogen) atoms. The lowest BCUT2D eigenvalue weighted by Crippen LogP contribution is -2.60. The smallest absolute Gasteiger partial charge is 0.363 e. The molecule has 1 aromatic rings. The molecule has 0 aromatic heterocycles. The van der Waals surface area contributed by atoms with Gasteiger partial charge >= 0.3 is 11.9 Å². The minimum absolute atomic E-state index is 0.0353. The van der Waals surface area contributed by atoms with E-state index in [1.54, 1.807) is 12.1 Å². The molecular weight excluding hydrogens is 484 g/mol. The molecule has 3 aliphatic rings. The van der Waals surface area contributed by atoms with Crippen molar-refractivity contribution in [1.29, 1.82) is 0 Å². The van der Waals surface area contributed by atoms with E-state index >= 15 is 0 Å². The van der Waals surface area contributed by atoms with Crippen molar-refractivity contribution < 1.29 is 28.5 Å². The number of ether oxygens (including phenoxy) is 4. The van der Waals surface area contributed by atoms with Crippen LogP contribution in [0.25, 0.3) is 0 Å². The van der Waals surface area contributed by atoms with E-state index in [1.165, 1.54) is 0 Å². The van der Waals surface area contributed by atoms with Gasteiger partial charge in [0.2, 0.25) is 0 Å². The summed E-state index contributed by atoms with van der Waals surface area (Å²) in [5.41, 5.74) is 1.08. The summed E-state index contributed by atoms with van der Waals surface area (Å²) >= 11 is 0. The number of nitrogens with one attached hydrogen (secondary N) is 2. The average Bonchev–Trinajstić information content (AvgIpc) is 2.75. The maximum atomic E-state index is 12.8. The molecule has 4 rings (SSSR count). The van der Waals surface area contributed by atoms with Crippen LogP contribution in [-0.4, -0.2) is 65.8 Å². The number of hydrogen-bond acceptors (Lipinski definition) is 8. The second-order valence-electron chi connectivity index (χ2n) is 14.0. The van der Waals surface area contributed by atoms with Gasteiger partial charge in [-0.1, -0.05) is 12.1 Å². The molecule has 0 amide bonds. The van der Waals surface area contributed by atoms with Gasteiger partial charge in [0.05, 0.1) is 18.8 Å². The SMILES string of the molecule is CC1(C)CC(OC(=O)c2ccc(C3COC(C(=O)OC4CC(C)(C)NC(C)(C)C4)OC3)cc2)CC(C)(C)N1. The topological polar surface area (TPSA) is 95.1 Å². The molecule has 8 heteroatoms. The first kappa shape index (κ1) is 29.0. The molecule has 212 valence electrons. The van der Waals surface area contributed by atoms with Crippen molar-refractivity contribution in [3.63, 3.8) is 0 Å². The number of piperidine rings is 2. The lowest BCUT2D eigenvalue weighted by molar-refractivity contribution is -0.220. The summed E-state index contributed by atoms with van der Waals surface area (Å²) in [7, 11) is 0. The fourth-order valence-corrected chi connectivity index (χ4v) is 6.79. The van der Waals surface area contributed by atoms with Crippen molar-refractivity contribution in [2.24, 2.45) is 0 Å². The Bertz CT molecular complexity index is 976. The van der Waals surface area contributed by atoms with E-state index in [0.717, 1.165) is 31.2 Å². The van der Waals surface area contributed by atoms with Crippen LogP contribution in [0.1, 0.15) is 103 Å². The zero-order valence-electron chi connectivity index (χ0n) is 24.3. The normalized spacial score (nSPS) is 28.8. The van der Waals surface area contributed by atoms with Crippen molar-refractivity contribution in [3.8, 4) is 0 Å². The molecule has 1 aromatic carbocycles. The number of esters is 2. The molecule has 3 aliphatic heterocycles. The molecule has 3 heterocycles. The molecule has 8 nitrogen and oxygen atoms in total. The summed E-state index contributed by atoms with van der Waals surface area (Å²) in [4.78, 5) is 25.6. The molecule has 0 bridgehead atoms. The Hall–Kier alpha value is -2.00. The molecule has 3 fully saturated rings. The average molecular weight is 531 g/mol. The third-order valence-corrected chi connectivity index (χ3v) is 7.57. The van der Waals surface area contributed by atoms with Gasteiger partial charge in [-0.15, -0.1) is 0 Å². The van der Waals surface area contributed by atoms with Gasteiger partial charge in [0, 0.05) is 53.8 Å². The molecular formula is C30H46N2O6. The van der Waals surface area contributed by atoms with E-state index in [1.807, 2.05) is 12.1 Å². The Morgan fingerprint density at radius 1 is 0.711 bits per heavy atom. The van der Waals surface area contributed by atoms with E-state index in [-0.39, 0.29) is 46.3 Å². The number of carbonyl (C=O) groups is 2. The molecule has 2 N–H and O–H groups in total. The standard InChI is InChI=1S/C30H46N2O6/c1-27(2)13-22(14-28(3,4)31-27)37-24(33)20-11-9-19(10-12-20)21-17-35-26(36-18-21)25(34)38-23-15-29(5,6)32-30(7,8)16-23/h9-12,21-23,26,31-32H,13-18H2,1-8H3. The van der Waals surface area contributed by atoms with Gasteiger partial charge in [-0.25, -0.2) is 9.59 Å². The Morgan fingerprint density at radius 2 is 1.13 bits per heavy atom. The highest BCUT2D eigenvalue weighted by Gasteiger charge is 2.41. The van der Waals surface area contributed by atoms with Crippen molar-refractivity contribution in [2.75, 3.05) is 13.2 Å². The van der Waals surface area contributed by atoms with Gasteiger partial charge in [0.15, 0.2) is 0 Å². The minimum atomic E-state index is -1.01. The van der Waals surface area contributed by atoms with Gasteiger partial charge in [0.25, 0.3) is 6.29 Å². The maximum Gasteiger partial charge on any atom is 0.363 e. The Morgan fingerprint density at radius 3 is 1.58 bits per heavy atom. The molecule has 0 aliphatic carbocycles. The van der Waals surface area contributed by atoms with Gasteiger partial charge in [-0.05, 0) is 73.1 Å². The van der Waals surface area contributed by atoms with E-state index in [0.29, 0.717) is 18.8 Å². The van der Waals surface area contributed by atoms with Crippen LogP contribution in [0.3, 0.4) is 0 Å². The predicted molar refractivity (Wildman–Crippen MR) is 145 cm³/mol. The van der Waals surface area contributed by atoms with Crippen molar-refractivity contribution in [2.45, 2.75) is 128 Å². The zero-order chi connectivity index (χ0) is 27.9. The van der Waals surface area contributed by atoms with Crippen molar-refractivity contribution in [1.82, 2.24) is 10.6 Å². The number of benzene rings is 1. The predicted octanol–water partition coefficient (Wildman–Crippen LogP) is 4.46. The van der Waals surface area contributed by atoms with Crippen LogP contribution in [0.4, 0.5) is 0 Å². The first-order valence-electron chi connectivity index (χ1n) is 13.8. The Labute approximate surface area is 227 Å². The Kier molecular flexibility index (Phi) is 8.03. The van der Waals surface area contributed by atoms with Gasteiger partial charge in [-0.2, -0.15) is 0 Å². The fraction of sp³-hybridized carbons (Fsp3) is 0.733. The lowest BCUT2D eigenvalue weighted by Gasteiger charge is -2.46. The van der Waals surface area contributed by atoms with Crippen molar-refractivity contribution >= 4 is 11.9 Å². The van der Waals surface area contributed by atoms with Crippen LogP contribution < -0.4 is 10.6 Å². The summed E-state index contributed by atoms with van der Waals surface area (Å²) in [6, 6.07) is 7.39. The molecule has 0 unspecified atom stereocenters. The summed E-state index contributed by atoms with van der Waals surface area (Å²) in [6.45, 7) is 17.7. The van der Waals surface area contributed by atoms with Crippen LogP contribution in [0, 0.1) is 0 Å². The minimum Gasteiger partial charge on any atom is -0.459 e. The van der Waals surface area contributed by atoms with E-state index in [4.69, 9.17) is 18.9 Å². The molecule has 0 spiro atoms. The number of hydrogen-bond donors (Lipinski definition) is 2. The third kappa shape index (κ3) is 7.56. The first-order chi connectivity index (χ1) is 17.5. The van der Waals surface area contributed by atoms with Gasteiger partial charge < -0.3 is 29.6 Å². The highest BCUT2D eigenvalue weighted by molar-refractivity contribution is 5.89. The lowest BCUT2D eigenvalue weighted by atomic mass is 9.81. The quantitative estimate of drug-likeness (QED) is 0.539. The second-order valence-corrected chi connectivity index (χ2v) is 14.0. The summed E-state index contributed by atoms with van der Waals surface area (Å²) in [5.74, 6) is -0.811. The van der Waals surface area contributed by atoms with E-state index < -0.39 is 12.3 Å². The van der Waals surface area contributed by atoms with E-state index in [9.17, 15) is 9.59 Å². The van der Waals surface area contributed by atoms with Crippen LogP contribution in [0.2, 0.25) is 0 Å². The van der Waals surface area contributed by atoms with Gasteiger partial charge in [-0.3, -0.25) is 0 Å². The summed E-state index contributed by atoms with van der Waals surface area (Å²) in [5, 5.41) is 7.20. The zero-order valence-corrected chi connectivity index (χ0v) is 24.3. The molecule has 0 radical (unpaired) electrons. The first-order valence-corrected chi connectivity index (χ1v) is 13.8. The van der Waals surface area contributed by atoms with Crippen LogP contribution in [-0.2, 0) is 23.7 Å². The highest BCUT2D eigenvalue weighted by Crippen LogP contribution is 2.32. The second kappa shape index (κ2) is 10.5. The number of carbonyl (C=O) groups excluding carboxylic acids is 2. The fourth-order valence-electron chi connectivity index (χ4n) is 6.79. The monoisotopic (exact) mass is 530 g/mol. The molecule has 0 atom stereocenters. The highest BCUT2D eigenvalue weighted by atomic mass is 16.7.